The third-order valence-electron chi connectivity index (χ3n) is 5.89. The molecule has 0 radical (unpaired) electrons. The molecule has 34 heavy (non-hydrogen) atoms. The van der Waals surface area contributed by atoms with Gasteiger partial charge >= 0.3 is 10.2 Å². The Morgan fingerprint density at radius 1 is 1.32 bits per heavy atom. The van der Waals surface area contributed by atoms with E-state index in [9.17, 15) is 22.0 Å². The van der Waals surface area contributed by atoms with Gasteiger partial charge < -0.3 is 9.64 Å². The fourth-order valence-corrected chi connectivity index (χ4v) is 4.96. The number of carbonyl (C=O) groups excluding carboxylic acids is 1. The molecule has 9 nitrogen and oxygen atoms in total. The fourth-order valence-electron chi connectivity index (χ4n) is 4.16. The van der Waals surface area contributed by atoms with Crippen LogP contribution in [-0.2, 0) is 10.2 Å². The Bertz CT molecular complexity index is 1310. The molecule has 0 aliphatic carbocycles. The Morgan fingerprint density at radius 3 is 2.85 bits per heavy atom. The fraction of sp³-hybridized carbons (Fsp3) is 0.364. The molecule has 3 aromatic rings. The number of imidazole rings is 1. The van der Waals surface area contributed by atoms with Crippen LogP contribution in [0.3, 0.4) is 0 Å². The molecule has 1 saturated heterocycles. The summed E-state index contributed by atoms with van der Waals surface area (Å²) in [5, 5.41) is 0. The number of aromatic nitrogens is 2. The molecule has 1 N–H and O–H groups in total. The molecule has 0 saturated carbocycles. The zero-order valence-electron chi connectivity index (χ0n) is 18.7. The molecule has 3 heterocycles. The smallest absolute Gasteiger partial charge is 0.303 e. The highest BCUT2D eigenvalue weighted by Crippen LogP contribution is 2.40. The number of amides is 1. The average Bonchev–Trinajstić information content (AvgIpc) is 3.45. The maximum atomic E-state index is 14.0. The SMILES string of the molecule is COc1ccc(F)cc1[C@H]1CCCN1c1ccc2ncc(C(=O)NS(=O)(=O)N(C)CCF)n2c1. The summed E-state index contributed by atoms with van der Waals surface area (Å²) in [4.78, 5) is 19.0. The summed E-state index contributed by atoms with van der Waals surface area (Å²) in [7, 11) is -1.49. The molecular formula is C22H25F2N5O4S. The van der Waals surface area contributed by atoms with Gasteiger partial charge in [0.15, 0.2) is 0 Å². The minimum absolute atomic E-state index is 0.00755. The van der Waals surface area contributed by atoms with Crippen molar-refractivity contribution >= 4 is 27.5 Å². The lowest BCUT2D eigenvalue weighted by Crippen LogP contribution is -2.42. The number of anilines is 1. The van der Waals surface area contributed by atoms with Crippen molar-refractivity contribution in [1.29, 1.82) is 0 Å². The van der Waals surface area contributed by atoms with Gasteiger partial charge in [0.1, 0.15) is 29.6 Å². The molecule has 1 amide bonds. The van der Waals surface area contributed by atoms with Crippen LogP contribution in [0.2, 0.25) is 0 Å². The summed E-state index contributed by atoms with van der Waals surface area (Å²) in [5.74, 6) is -0.657. The average molecular weight is 494 g/mol. The lowest BCUT2D eigenvalue weighted by atomic mass is 10.0. The van der Waals surface area contributed by atoms with Gasteiger partial charge in [-0.15, -0.1) is 0 Å². The molecule has 0 bridgehead atoms. The lowest BCUT2D eigenvalue weighted by molar-refractivity contribution is 0.0973. The summed E-state index contributed by atoms with van der Waals surface area (Å²) >= 11 is 0. The van der Waals surface area contributed by atoms with E-state index in [1.165, 1.54) is 36.9 Å². The van der Waals surface area contributed by atoms with E-state index < -0.39 is 22.8 Å². The number of carbonyl (C=O) groups is 1. The number of ether oxygens (including phenoxy) is 1. The number of pyridine rings is 1. The Balaban J connectivity index is 1.66. The van der Waals surface area contributed by atoms with E-state index in [0.29, 0.717) is 17.9 Å². The third-order valence-corrected chi connectivity index (χ3v) is 7.34. The van der Waals surface area contributed by atoms with E-state index in [-0.39, 0.29) is 24.1 Å². The first kappa shape index (κ1) is 23.9. The number of fused-ring (bicyclic) bond motifs is 1. The maximum absolute atomic E-state index is 14.0. The van der Waals surface area contributed by atoms with Gasteiger partial charge in [-0.05, 0) is 43.2 Å². The summed E-state index contributed by atoms with van der Waals surface area (Å²) in [5.41, 5.74) is 1.94. The zero-order valence-corrected chi connectivity index (χ0v) is 19.6. The van der Waals surface area contributed by atoms with Gasteiger partial charge in [0, 0.05) is 31.9 Å². The van der Waals surface area contributed by atoms with E-state index in [4.69, 9.17) is 4.74 Å². The van der Waals surface area contributed by atoms with Crippen molar-refractivity contribution in [1.82, 2.24) is 18.4 Å². The second-order valence-corrected chi connectivity index (χ2v) is 9.72. The highest BCUT2D eigenvalue weighted by atomic mass is 32.2. The van der Waals surface area contributed by atoms with Gasteiger partial charge in [0.2, 0.25) is 0 Å². The maximum Gasteiger partial charge on any atom is 0.303 e. The minimum atomic E-state index is -4.21. The summed E-state index contributed by atoms with van der Waals surface area (Å²) < 4.78 is 60.7. The second kappa shape index (κ2) is 9.55. The van der Waals surface area contributed by atoms with Crippen LogP contribution in [-0.4, -0.2) is 61.9 Å². The van der Waals surface area contributed by atoms with E-state index in [1.54, 1.807) is 18.3 Å². The van der Waals surface area contributed by atoms with Crippen molar-refractivity contribution in [2.75, 3.05) is 38.8 Å². The van der Waals surface area contributed by atoms with Crippen molar-refractivity contribution in [3.63, 3.8) is 0 Å². The molecule has 1 fully saturated rings. The predicted octanol–water partition coefficient (Wildman–Crippen LogP) is 2.70. The number of hydrogen-bond donors (Lipinski definition) is 1. The van der Waals surface area contributed by atoms with Crippen LogP contribution < -0.4 is 14.4 Å². The predicted molar refractivity (Wildman–Crippen MR) is 122 cm³/mol. The number of alkyl halides is 1. The first-order valence-corrected chi connectivity index (χ1v) is 12.1. The van der Waals surface area contributed by atoms with Crippen LogP contribution >= 0.6 is 0 Å². The van der Waals surface area contributed by atoms with Gasteiger partial charge in [-0.2, -0.15) is 12.7 Å². The molecule has 2 aromatic heterocycles. The zero-order chi connectivity index (χ0) is 24.5. The number of benzene rings is 1. The van der Waals surface area contributed by atoms with Crippen molar-refractivity contribution in [3.05, 3.63) is 59.8 Å². The van der Waals surface area contributed by atoms with E-state index in [0.717, 1.165) is 28.4 Å². The van der Waals surface area contributed by atoms with Gasteiger partial charge in [0.25, 0.3) is 5.91 Å². The highest BCUT2D eigenvalue weighted by molar-refractivity contribution is 7.87. The molecule has 1 aliphatic heterocycles. The minimum Gasteiger partial charge on any atom is -0.496 e. The Labute approximate surface area is 196 Å². The summed E-state index contributed by atoms with van der Waals surface area (Å²) in [6.45, 7) is -0.550. The number of nitrogens with zero attached hydrogens (tertiary/aromatic N) is 4. The second-order valence-electron chi connectivity index (χ2n) is 7.94. The first-order chi connectivity index (χ1) is 16.2. The van der Waals surface area contributed by atoms with Gasteiger partial charge in [-0.1, -0.05) is 0 Å². The quantitative estimate of drug-likeness (QED) is 0.519. The standard InChI is InChI=1S/C22H25F2N5O4S/c1-27(11-9-23)34(31,32)26-22(30)19-13-25-21-8-6-16(14-29(19)21)28-10-3-4-18(28)17-12-15(24)5-7-20(17)33-2/h5-8,12-14,18H,3-4,9-11H2,1-2H3,(H,26,30)/t18-/m1/s1. The number of methoxy groups -OCH3 is 1. The van der Waals surface area contributed by atoms with Crippen LogP contribution in [0.25, 0.3) is 5.65 Å². The summed E-state index contributed by atoms with van der Waals surface area (Å²) in [6.07, 6.45) is 4.63. The molecule has 1 aromatic carbocycles. The molecule has 1 atom stereocenters. The topological polar surface area (TPSA) is 96.2 Å². The Hall–Kier alpha value is -3.25. The molecule has 0 unspecified atom stereocenters. The van der Waals surface area contributed by atoms with Crippen LogP contribution in [0.4, 0.5) is 14.5 Å². The molecule has 12 heteroatoms. The number of halogens is 2. The lowest BCUT2D eigenvalue weighted by Gasteiger charge is -2.28. The molecular weight excluding hydrogens is 468 g/mol. The van der Waals surface area contributed by atoms with Gasteiger partial charge in [-0.3, -0.25) is 9.20 Å². The molecule has 0 spiro atoms. The van der Waals surface area contributed by atoms with Gasteiger partial charge in [0.05, 0.1) is 25.0 Å². The number of hydrogen-bond acceptors (Lipinski definition) is 6. The normalized spacial score (nSPS) is 16.4. The largest absolute Gasteiger partial charge is 0.496 e. The van der Waals surface area contributed by atoms with Crippen LogP contribution in [0.15, 0.2) is 42.7 Å². The van der Waals surface area contributed by atoms with Crippen molar-refractivity contribution in [2.45, 2.75) is 18.9 Å². The van der Waals surface area contributed by atoms with Crippen molar-refractivity contribution < 1.29 is 26.7 Å². The van der Waals surface area contributed by atoms with E-state index >= 15 is 0 Å². The molecule has 182 valence electrons. The van der Waals surface area contributed by atoms with E-state index in [2.05, 4.69) is 9.88 Å². The number of nitrogens with one attached hydrogen (secondary N) is 1. The third kappa shape index (κ3) is 4.55. The summed E-state index contributed by atoms with van der Waals surface area (Å²) in [6, 6.07) is 7.84. The number of rotatable bonds is 8. The first-order valence-electron chi connectivity index (χ1n) is 10.7. The Morgan fingerprint density at radius 2 is 2.12 bits per heavy atom. The van der Waals surface area contributed by atoms with Gasteiger partial charge in [-0.25, -0.2) is 18.5 Å². The highest BCUT2D eigenvalue weighted by Gasteiger charge is 2.30. The van der Waals surface area contributed by atoms with E-state index in [1.807, 2.05) is 10.8 Å². The molecule has 1 aliphatic rings. The van der Waals surface area contributed by atoms with Crippen molar-refractivity contribution in [3.8, 4) is 5.75 Å². The van der Waals surface area contributed by atoms with Crippen LogP contribution in [0.5, 0.6) is 5.75 Å². The molecule has 4 rings (SSSR count). The van der Waals surface area contributed by atoms with Crippen LogP contribution in [0, 0.1) is 5.82 Å². The Kier molecular flexibility index (Phi) is 6.71. The van der Waals surface area contributed by atoms with Crippen molar-refractivity contribution in [2.24, 2.45) is 0 Å². The monoisotopic (exact) mass is 493 g/mol. The van der Waals surface area contributed by atoms with Crippen LogP contribution in [0.1, 0.15) is 34.9 Å².